The van der Waals surface area contributed by atoms with Crippen molar-refractivity contribution >= 4 is 35.9 Å². The highest BCUT2D eigenvalue weighted by atomic mass is 127. The molecular weight excluding hydrogens is 403 g/mol. The van der Waals surface area contributed by atoms with Crippen molar-refractivity contribution in [3.63, 3.8) is 0 Å². The highest BCUT2D eigenvalue weighted by Gasteiger charge is 2.12. The molecule has 23 heavy (non-hydrogen) atoms. The summed E-state index contributed by atoms with van der Waals surface area (Å²) in [5, 5.41) is 6.81. The van der Waals surface area contributed by atoms with Gasteiger partial charge in [-0.25, -0.2) is 0 Å². The van der Waals surface area contributed by atoms with Crippen LogP contribution in [0.4, 0.5) is 0 Å². The van der Waals surface area contributed by atoms with Crippen LogP contribution in [0.25, 0.3) is 0 Å². The lowest BCUT2D eigenvalue weighted by Gasteiger charge is -2.16. The van der Waals surface area contributed by atoms with Gasteiger partial charge < -0.3 is 20.4 Å². The van der Waals surface area contributed by atoms with Crippen molar-refractivity contribution in [3.05, 3.63) is 35.4 Å². The number of rotatable bonds is 4. The van der Waals surface area contributed by atoms with Crippen molar-refractivity contribution in [1.29, 1.82) is 0 Å². The molecule has 0 saturated heterocycles. The first kappa shape index (κ1) is 17.8. The van der Waals surface area contributed by atoms with Crippen molar-refractivity contribution in [1.82, 2.24) is 20.4 Å². The van der Waals surface area contributed by atoms with E-state index in [0.29, 0.717) is 0 Å². The number of nitrogens with one attached hydrogen (secondary N) is 2. The lowest BCUT2D eigenvalue weighted by molar-refractivity contribution is 0.533. The van der Waals surface area contributed by atoms with E-state index in [0.717, 1.165) is 51.2 Å². The summed E-state index contributed by atoms with van der Waals surface area (Å²) in [5.41, 5.74) is 2.54. The molecule has 2 aliphatic heterocycles. The zero-order valence-electron chi connectivity index (χ0n) is 13.7. The summed E-state index contributed by atoms with van der Waals surface area (Å²) >= 11 is 0. The molecule has 2 aliphatic rings. The largest absolute Gasteiger partial charge is 0.352 e. The molecule has 0 spiro atoms. The first-order valence-corrected chi connectivity index (χ1v) is 7.79. The minimum Gasteiger partial charge on any atom is -0.352 e. The van der Waals surface area contributed by atoms with E-state index >= 15 is 0 Å². The van der Waals surface area contributed by atoms with E-state index in [2.05, 4.69) is 68.8 Å². The van der Waals surface area contributed by atoms with E-state index < -0.39 is 0 Å². The molecule has 0 amide bonds. The predicted octanol–water partition coefficient (Wildman–Crippen LogP) is 1.09. The van der Waals surface area contributed by atoms with Crippen LogP contribution in [0.3, 0.4) is 0 Å². The fraction of sp³-hybridized carbons (Fsp3) is 0.500. The third-order valence-electron chi connectivity index (χ3n) is 4.01. The Labute approximate surface area is 155 Å². The van der Waals surface area contributed by atoms with Crippen LogP contribution in [0, 0.1) is 0 Å². The highest BCUT2D eigenvalue weighted by Crippen LogP contribution is 2.07. The van der Waals surface area contributed by atoms with E-state index in [9.17, 15) is 0 Å². The van der Waals surface area contributed by atoms with Crippen LogP contribution in [-0.4, -0.2) is 62.0 Å². The molecule has 0 saturated carbocycles. The van der Waals surface area contributed by atoms with Gasteiger partial charge in [0.05, 0.1) is 13.1 Å². The van der Waals surface area contributed by atoms with Gasteiger partial charge in [-0.2, -0.15) is 0 Å². The Morgan fingerprint density at radius 2 is 1.39 bits per heavy atom. The molecule has 3 rings (SSSR count). The van der Waals surface area contributed by atoms with E-state index in [1.165, 1.54) is 11.1 Å². The monoisotopic (exact) mass is 428 g/mol. The first-order valence-electron chi connectivity index (χ1n) is 7.79. The number of guanidine groups is 2. The summed E-state index contributed by atoms with van der Waals surface area (Å²) < 4.78 is 0. The molecule has 1 aromatic rings. The van der Waals surface area contributed by atoms with Crippen molar-refractivity contribution < 1.29 is 0 Å². The molecule has 0 unspecified atom stereocenters. The molecule has 0 fully saturated rings. The maximum atomic E-state index is 4.45. The van der Waals surface area contributed by atoms with Gasteiger partial charge in [0.25, 0.3) is 0 Å². The normalized spacial score (nSPS) is 16.8. The summed E-state index contributed by atoms with van der Waals surface area (Å²) in [4.78, 5) is 13.2. The lowest BCUT2D eigenvalue weighted by atomic mass is 10.1. The summed E-state index contributed by atoms with van der Waals surface area (Å²) in [5.74, 6) is 1.98. The van der Waals surface area contributed by atoms with Crippen molar-refractivity contribution in [3.8, 4) is 0 Å². The van der Waals surface area contributed by atoms with E-state index in [1.807, 2.05) is 0 Å². The Balaban J connectivity index is 0.00000192. The van der Waals surface area contributed by atoms with Crippen LogP contribution in [0.5, 0.6) is 0 Å². The van der Waals surface area contributed by atoms with E-state index in [4.69, 9.17) is 0 Å². The van der Waals surface area contributed by atoms with Gasteiger partial charge in [0, 0.05) is 40.3 Å². The summed E-state index contributed by atoms with van der Waals surface area (Å²) in [7, 11) is 4.13. The number of aliphatic imine (C=N–C) groups is 2. The van der Waals surface area contributed by atoms with Crippen LogP contribution in [0.2, 0.25) is 0 Å². The maximum absolute atomic E-state index is 4.45. The maximum Gasteiger partial charge on any atom is 0.194 e. The predicted molar refractivity (Wildman–Crippen MR) is 105 cm³/mol. The van der Waals surface area contributed by atoms with Crippen LogP contribution < -0.4 is 10.6 Å². The Kier molecular flexibility index (Phi) is 6.49. The van der Waals surface area contributed by atoms with Gasteiger partial charge in [0.15, 0.2) is 11.9 Å². The lowest BCUT2D eigenvalue weighted by Crippen LogP contribution is -2.35. The third-order valence-corrected chi connectivity index (χ3v) is 4.01. The molecular formula is C16H25IN6. The standard InChI is InChI=1S/C16H24N6.HI/c1-21-8-6-17-15(21)19-11-13-4-3-5-14(10-13)12-20-16-18-7-9-22(16)2;/h3-5,10H,6-9,11-12H2,1-2H3,(H,17,19)(H,18,20);1H. The second-order valence-electron chi connectivity index (χ2n) is 5.78. The molecule has 6 nitrogen and oxygen atoms in total. The number of benzene rings is 1. The Morgan fingerprint density at radius 3 is 1.78 bits per heavy atom. The zero-order chi connectivity index (χ0) is 15.4. The van der Waals surface area contributed by atoms with Gasteiger partial charge in [0.1, 0.15) is 0 Å². The van der Waals surface area contributed by atoms with Gasteiger partial charge in [-0.05, 0) is 11.1 Å². The first-order chi connectivity index (χ1) is 10.7. The molecule has 7 heteroatoms. The molecule has 2 N–H and O–H groups in total. The van der Waals surface area contributed by atoms with Gasteiger partial charge >= 0.3 is 0 Å². The van der Waals surface area contributed by atoms with Crippen molar-refractivity contribution in [2.24, 2.45) is 9.98 Å². The van der Waals surface area contributed by atoms with Gasteiger partial charge in [-0.1, -0.05) is 24.3 Å². The second-order valence-corrected chi connectivity index (χ2v) is 5.78. The molecule has 2 heterocycles. The average Bonchev–Trinajstić information content (AvgIpc) is 3.12. The average molecular weight is 428 g/mol. The number of halogens is 1. The Bertz CT molecular complexity index is 538. The molecule has 0 atom stereocenters. The van der Waals surface area contributed by atoms with Crippen LogP contribution >= 0.6 is 24.0 Å². The van der Waals surface area contributed by atoms with Crippen LogP contribution in [0.1, 0.15) is 11.1 Å². The van der Waals surface area contributed by atoms with Gasteiger partial charge in [-0.15, -0.1) is 24.0 Å². The minimum atomic E-state index is 0. The van der Waals surface area contributed by atoms with Crippen molar-refractivity contribution in [2.75, 3.05) is 40.3 Å². The molecule has 1 aromatic carbocycles. The number of hydrogen-bond acceptors (Lipinski definition) is 6. The number of hydrogen-bond donors (Lipinski definition) is 2. The third kappa shape index (κ3) is 4.73. The summed E-state index contributed by atoms with van der Waals surface area (Å²) in [6.45, 7) is 5.39. The quantitative estimate of drug-likeness (QED) is 0.706. The number of likely N-dealkylation sites (N-methyl/N-ethyl adjacent to an activating group) is 2. The molecule has 0 aliphatic carbocycles. The van der Waals surface area contributed by atoms with Crippen LogP contribution in [-0.2, 0) is 13.1 Å². The van der Waals surface area contributed by atoms with E-state index in [1.54, 1.807) is 0 Å². The second kappa shape index (κ2) is 8.37. The highest BCUT2D eigenvalue weighted by molar-refractivity contribution is 14.0. The van der Waals surface area contributed by atoms with Crippen LogP contribution in [0.15, 0.2) is 34.3 Å². The topological polar surface area (TPSA) is 55.3 Å². The van der Waals surface area contributed by atoms with E-state index in [-0.39, 0.29) is 24.0 Å². The smallest absolute Gasteiger partial charge is 0.194 e. The molecule has 0 aromatic heterocycles. The SMILES string of the molecule is CN1CCN=C1NCc1cccc(CNC2=NCCN2C)c1.I. The Morgan fingerprint density at radius 1 is 0.913 bits per heavy atom. The molecule has 126 valence electrons. The molecule has 0 bridgehead atoms. The van der Waals surface area contributed by atoms with Gasteiger partial charge in [-0.3, -0.25) is 9.98 Å². The minimum absolute atomic E-state index is 0. The summed E-state index contributed by atoms with van der Waals surface area (Å²) in [6, 6.07) is 8.62. The number of nitrogens with zero attached hydrogens (tertiary/aromatic N) is 4. The Hall–Kier alpha value is -1.51. The van der Waals surface area contributed by atoms with Crippen molar-refractivity contribution in [2.45, 2.75) is 13.1 Å². The zero-order valence-corrected chi connectivity index (χ0v) is 16.1. The fourth-order valence-electron chi connectivity index (χ4n) is 2.66. The fourth-order valence-corrected chi connectivity index (χ4v) is 2.66. The molecule has 0 radical (unpaired) electrons. The summed E-state index contributed by atoms with van der Waals surface area (Å²) in [6.07, 6.45) is 0. The van der Waals surface area contributed by atoms with Gasteiger partial charge in [0.2, 0.25) is 0 Å².